The molecule has 0 aliphatic rings. The van der Waals surface area contributed by atoms with Crippen molar-refractivity contribution in [3.05, 3.63) is 53.6 Å². The van der Waals surface area contributed by atoms with E-state index in [1.807, 2.05) is 0 Å². The summed E-state index contributed by atoms with van der Waals surface area (Å²) >= 11 is 1.23. The number of nitrogens with zero attached hydrogens (tertiary/aromatic N) is 1. The lowest BCUT2D eigenvalue weighted by Gasteiger charge is -2.03. The number of aromatic nitrogens is 1. The number of thiazole rings is 1. The molecule has 2 aromatic rings. The Kier molecular flexibility index (Phi) is 4.54. The van der Waals surface area contributed by atoms with Crippen LogP contribution in [0.25, 0.3) is 10.6 Å². The molecule has 5 nitrogen and oxygen atoms in total. The Balaban J connectivity index is 2.18. The van der Waals surface area contributed by atoms with Gasteiger partial charge in [-0.1, -0.05) is 30.3 Å². The quantitative estimate of drug-likeness (QED) is 0.826. The van der Waals surface area contributed by atoms with Crippen LogP contribution >= 0.6 is 11.3 Å². The van der Waals surface area contributed by atoms with Gasteiger partial charge in [-0.15, -0.1) is 17.9 Å². The van der Waals surface area contributed by atoms with E-state index in [1.165, 1.54) is 22.8 Å². The fourth-order valence-corrected chi connectivity index (χ4v) is 3.72. The summed E-state index contributed by atoms with van der Waals surface area (Å²) < 4.78 is 23.4. The van der Waals surface area contributed by atoms with Gasteiger partial charge in [-0.2, -0.15) is 0 Å². The van der Waals surface area contributed by atoms with Crippen LogP contribution in [0.15, 0.2) is 42.3 Å². The summed E-state index contributed by atoms with van der Waals surface area (Å²) in [7, 11) is -3.18. The molecule has 1 N–H and O–H groups in total. The van der Waals surface area contributed by atoms with Crippen LogP contribution in [-0.4, -0.2) is 30.2 Å². The fourth-order valence-electron chi connectivity index (χ4n) is 1.74. The normalized spacial score (nSPS) is 11.2. The van der Waals surface area contributed by atoms with E-state index in [4.69, 9.17) is 5.11 Å². The zero-order chi connectivity index (χ0) is 15.5. The van der Waals surface area contributed by atoms with Crippen molar-refractivity contribution < 1.29 is 18.3 Å². The number of carboxylic acid groups (broad SMARTS) is 1. The molecular formula is C14H13NO4S2. The number of rotatable bonds is 6. The van der Waals surface area contributed by atoms with Gasteiger partial charge >= 0.3 is 5.97 Å². The monoisotopic (exact) mass is 323 g/mol. The molecule has 0 fully saturated rings. The topological polar surface area (TPSA) is 84.3 Å². The summed E-state index contributed by atoms with van der Waals surface area (Å²) in [6.07, 6.45) is 1.37. The Labute approximate surface area is 126 Å². The first-order valence-corrected chi connectivity index (χ1v) is 8.71. The highest BCUT2D eigenvalue weighted by Gasteiger charge is 2.12. The minimum Gasteiger partial charge on any atom is -0.476 e. The van der Waals surface area contributed by atoms with Crippen molar-refractivity contribution in [1.29, 1.82) is 0 Å². The average Bonchev–Trinajstić information content (AvgIpc) is 2.88. The van der Waals surface area contributed by atoms with Gasteiger partial charge in [0.25, 0.3) is 0 Å². The molecule has 0 bridgehead atoms. The standard InChI is InChI=1S/C14H13NO4S2/c1-2-7-21(18,19)9-10-3-5-11(6-4-10)13-15-12(8-20-13)14(16)17/h2-6,8H,1,7,9H2,(H,16,17). The number of carboxylic acids is 1. The second kappa shape index (κ2) is 6.19. The molecule has 2 rings (SSSR count). The molecule has 110 valence electrons. The molecule has 0 saturated heterocycles. The van der Waals surface area contributed by atoms with E-state index >= 15 is 0 Å². The van der Waals surface area contributed by atoms with Crippen LogP contribution < -0.4 is 0 Å². The maximum absolute atomic E-state index is 11.7. The SMILES string of the molecule is C=CCS(=O)(=O)Cc1ccc(-c2nc(C(=O)O)cs2)cc1. The molecular weight excluding hydrogens is 310 g/mol. The summed E-state index contributed by atoms with van der Waals surface area (Å²) in [5, 5.41) is 10.9. The zero-order valence-corrected chi connectivity index (χ0v) is 12.7. The summed E-state index contributed by atoms with van der Waals surface area (Å²) in [6, 6.07) is 6.89. The molecule has 1 heterocycles. The number of benzene rings is 1. The Morgan fingerprint density at radius 3 is 2.52 bits per heavy atom. The highest BCUT2D eigenvalue weighted by atomic mass is 32.2. The van der Waals surface area contributed by atoms with E-state index in [0.717, 1.165) is 5.56 Å². The maximum Gasteiger partial charge on any atom is 0.355 e. The van der Waals surface area contributed by atoms with Gasteiger partial charge < -0.3 is 5.11 Å². The highest BCUT2D eigenvalue weighted by molar-refractivity contribution is 7.90. The summed E-state index contributed by atoms with van der Waals surface area (Å²) in [6.45, 7) is 3.42. The molecule has 0 aliphatic carbocycles. The lowest BCUT2D eigenvalue weighted by atomic mass is 10.2. The number of carbonyl (C=O) groups is 1. The van der Waals surface area contributed by atoms with Crippen molar-refractivity contribution in [3.63, 3.8) is 0 Å². The van der Waals surface area contributed by atoms with Gasteiger partial charge in [0.15, 0.2) is 15.5 Å². The largest absolute Gasteiger partial charge is 0.476 e. The lowest BCUT2D eigenvalue weighted by molar-refractivity contribution is 0.0691. The van der Waals surface area contributed by atoms with Crippen LogP contribution in [0.3, 0.4) is 0 Å². The number of sulfone groups is 1. The number of hydrogen-bond donors (Lipinski definition) is 1. The van der Waals surface area contributed by atoms with Crippen molar-refractivity contribution in [1.82, 2.24) is 4.98 Å². The summed E-state index contributed by atoms with van der Waals surface area (Å²) in [4.78, 5) is 14.8. The van der Waals surface area contributed by atoms with Crippen molar-refractivity contribution in [2.24, 2.45) is 0 Å². The van der Waals surface area contributed by atoms with Crippen LogP contribution in [0.2, 0.25) is 0 Å². The summed E-state index contributed by atoms with van der Waals surface area (Å²) in [5.41, 5.74) is 1.45. The maximum atomic E-state index is 11.7. The molecule has 7 heteroatoms. The second-order valence-electron chi connectivity index (χ2n) is 4.38. The van der Waals surface area contributed by atoms with E-state index in [1.54, 1.807) is 24.3 Å². The summed E-state index contributed by atoms with van der Waals surface area (Å²) in [5.74, 6) is -1.16. The molecule has 0 spiro atoms. The van der Waals surface area contributed by atoms with Gasteiger partial charge in [-0.3, -0.25) is 0 Å². The van der Waals surface area contributed by atoms with E-state index in [0.29, 0.717) is 10.6 Å². The Morgan fingerprint density at radius 1 is 1.33 bits per heavy atom. The minimum absolute atomic E-state index is 0.00707. The molecule has 0 atom stereocenters. The van der Waals surface area contributed by atoms with Crippen LogP contribution in [0.4, 0.5) is 0 Å². The molecule has 0 amide bonds. The van der Waals surface area contributed by atoms with Crippen molar-refractivity contribution in [3.8, 4) is 10.6 Å². The number of hydrogen-bond acceptors (Lipinski definition) is 5. The Hall–Kier alpha value is -1.99. The molecule has 0 radical (unpaired) electrons. The predicted molar refractivity (Wildman–Crippen MR) is 82.2 cm³/mol. The fraction of sp³-hybridized carbons (Fsp3) is 0.143. The van der Waals surface area contributed by atoms with E-state index in [2.05, 4.69) is 11.6 Å². The average molecular weight is 323 g/mol. The van der Waals surface area contributed by atoms with E-state index in [9.17, 15) is 13.2 Å². The first kappa shape index (κ1) is 15.4. The molecule has 21 heavy (non-hydrogen) atoms. The highest BCUT2D eigenvalue weighted by Crippen LogP contribution is 2.24. The Morgan fingerprint density at radius 2 is 2.00 bits per heavy atom. The van der Waals surface area contributed by atoms with Gasteiger partial charge in [0.05, 0.1) is 11.5 Å². The third-order valence-corrected chi connectivity index (χ3v) is 5.09. The van der Waals surface area contributed by atoms with Crippen LogP contribution in [0.5, 0.6) is 0 Å². The van der Waals surface area contributed by atoms with Gasteiger partial charge in [0.2, 0.25) is 0 Å². The van der Waals surface area contributed by atoms with Gasteiger partial charge in [-0.25, -0.2) is 18.2 Å². The third kappa shape index (κ3) is 3.99. The zero-order valence-electron chi connectivity index (χ0n) is 11.0. The second-order valence-corrected chi connectivity index (χ2v) is 7.35. The van der Waals surface area contributed by atoms with Crippen molar-refractivity contribution in [2.75, 3.05) is 5.75 Å². The molecule has 1 aromatic heterocycles. The molecule has 0 unspecified atom stereocenters. The predicted octanol–water partition coefficient (Wildman–Crippen LogP) is 2.61. The lowest BCUT2D eigenvalue weighted by Crippen LogP contribution is -2.07. The molecule has 1 aromatic carbocycles. The van der Waals surface area contributed by atoms with Crippen LogP contribution in [0.1, 0.15) is 16.1 Å². The third-order valence-electron chi connectivity index (χ3n) is 2.68. The van der Waals surface area contributed by atoms with Crippen LogP contribution in [0, 0.1) is 0 Å². The van der Waals surface area contributed by atoms with Crippen LogP contribution in [-0.2, 0) is 15.6 Å². The van der Waals surface area contributed by atoms with Crippen molar-refractivity contribution >= 4 is 27.1 Å². The first-order valence-electron chi connectivity index (χ1n) is 6.01. The number of aromatic carboxylic acids is 1. The van der Waals surface area contributed by atoms with Gasteiger partial charge in [-0.05, 0) is 5.56 Å². The molecule has 0 saturated carbocycles. The van der Waals surface area contributed by atoms with Gasteiger partial charge in [0.1, 0.15) is 5.01 Å². The van der Waals surface area contributed by atoms with Crippen molar-refractivity contribution in [2.45, 2.75) is 5.75 Å². The Bertz CT molecular complexity index is 761. The molecule has 0 aliphatic heterocycles. The van der Waals surface area contributed by atoms with Gasteiger partial charge in [0, 0.05) is 10.9 Å². The smallest absolute Gasteiger partial charge is 0.355 e. The van der Waals surface area contributed by atoms with E-state index in [-0.39, 0.29) is 17.2 Å². The first-order chi connectivity index (χ1) is 9.91. The van der Waals surface area contributed by atoms with E-state index < -0.39 is 15.8 Å². The minimum atomic E-state index is -3.18.